The number of halogens is 1. The lowest BCUT2D eigenvalue weighted by atomic mass is 9.98. The van der Waals surface area contributed by atoms with Crippen LogP contribution in [-0.4, -0.2) is 23.5 Å². The van der Waals surface area contributed by atoms with E-state index < -0.39 is 0 Å². The maximum Gasteiger partial charge on any atom is 0.123 e. The van der Waals surface area contributed by atoms with E-state index >= 15 is 0 Å². The zero-order valence-corrected chi connectivity index (χ0v) is 13.0. The fourth-order valence-electron chi connectivity index (χ4n) is 2.48. The molecule has 0 N–H and O–H groups in total. The van der Waals surface area contributed by atoms with Gasteiger partial charge >= 0.3 is 0 Å². The van der Waals surface area contributed by atoms with Gasteiger partial charge in [-0.2, -0.15) is 0 Å². The molecule has 1 aromatic carbocycles. The Morgan fingerprint density at radius 3 is 2.38 bits per heavy atom. The average Bonchev–Trinajstić information content (AvgIpc) is 2.48. The second-order valence-electron chi connectivity index (χ2n) is 5.90. The van der Waals surface area contributed by atoms with E-state index in [0.29, 0.717) is 5.92 Å². The average molecular weight is 286 g/mol. The summed E-state index contributed by atoms with van der Waals surface area (Å²) in [5.41, 5.74) is 2.23. The molecule has 3 heteroatoms. The van der Waals surface area contributed by atoms with E-state index in [0.717, 1.165) is 24.1 Å². The number of pyridine rings is 1. The molecule has 0 spiro atoms. The van der Waals surface area contributed by atoms with Crippen LogP contribution in [0.4, 0.5) is 4.39 Å². The summed E-state index contributed by atoms with van der Waals surface area (Å²) in [6, 6.07) is 10.9. The number of hydrogen-bond acceptors (Lipinski definition) is 2. The Morgan fingerprint density at radius 2 is 1.81 bits per heavy atom. The molecular formula is C18H23FN2. The summed E-state index contributed by atoms with van der Waals surface area (Å²) >= 11 is 0. The van der Waals surface area contributed by atoms with Crippen molar-refractivity contribution >= 4 is 0 Å². The zero-order valence-electron chi connectivity index (χ0n) is 13.0. The van der Waals surface area contributed by atoms with Crippen LogP contribution >= 0.6 is 0 Å². The molecule has 0 saturated carbocycles. The van der Waals surface area contributed by atoms with Gasteiger partial charge < -0.3 is 0 Å². The summed E-state index contributed by atoms with van der Waals surface area (Å²) in [5.74, 6) is 0.462. The highest BCUT2D eigenvalue weighted by molar-refractivity contribution is 5.30. The van der Waals surface area contributed by atoms with Crippen LogP contribution in [0.3, 0.4) is 0 Å². The van der Waals surface area contributed by atoms with Gasteiger partial charge in [0.05, 0.1) is 6.04 Å². The molecular weight excluding hydrogens is 263 g/mol. The Kier molecular flexibility index (Phi) is 5.45. The molecule has 2 rings (SSSR count). The van der Waals surface area contributed by atoms with Crippen LogP contribution < -0.4 is 0 Å². The molecule has 0 aliphatic rings. The number of nitrogens with zero attached hydrogens (tertiary/aromatic N) is 2. The van der Waals surface area contributed by atoms with Crippen LogP contribution in [0.25, 0.3) is 0 Å². The van der Waals surface area contributed by atoms with Gasteiger partial charge in [0.1, 0.15) is 5.82 Å². The number of hydrogen-bond donors (Lipinski definition) is 0. The van der Waals surface area contributed by atoms with E-state index in [4.69, 9.17) is 0 Å². The van der Waals surface area contributed by atoms with Crippen LogP contribution in [-0.2, 0) is 0 Å². The third-order valence-corrected chi connectivity index (χ3v) is 3.69. The molecule has 2 aromatic rings. The van der Waals surface area contributed by atoms with E-state index in [1.54, 1.807) is 6.20 Å². The van der Waals surface area contributed by atoms with Gasteiger partial charge in [0.25, 0.3) is 0 Å². The molecule has 112 valence electrons. The van der Waals surface area contributed by atoms with Gasteiger partial charge in [-0.1, -0.05) is 32.0 Å². The van der Waals surface area contributed by atoms with Gasteiger partial charge in [0.2, 0.25) is 0 Å². The predicted octanol–water partition coefficient (Wildman–Crippen LogP) is 4.29. The topological polar surface area (TPSA) is 16.1 Å². The largest absolute Gasteiger partial charge is 0.295 e. The van der Waals surface area contributed by atoms with Crippen molar-refractivity contribution in [1.82, 2.24) is 9.88 Å². The monoisotopic (exact) mass is 286 g/mol. The summed E-state index contributed by atoms with van der Waals surface area (Å²) < 4.78 is 13.2. The van der Waals surface area contributed by atoms with Crippen LogP contribution in [0.5, 0.6) is 0 Å². The number of rotatable bonds is 6. The van der Waals surface area contributed by atoms with Gasteiger partial charge in [0, 0.05) is 12.4 Å². The Labute approximate surface area is 126 Å². The summed E-state index contributed by atoms with van der Waals surface area (Å²) in [6.07, 6.45) is 4.80. The Bertz CT molecular complexity index is 537. The smallest absolute Gasteiger partial charge is 0.123 e. The van der Waals surface area contributed by atoms with Crippen molar-refractivity contribution in [1.29, 1.82) is 0 Å². The fourth-order valence-corrected chi connectivity index (χ4v) is 2.48. The van der Waals surface area contributed by atoms with E-state index in [9.17, 15) is 4.39 Å². The van der Waals surface area contributed by atoms with E-state index in [1.165, 1.54) is 12.1 Å². The summed E-state index contributed by atoms with van der Waals surface area (Å²) in [5, 5.41) is 0. The first-order chi connectivity index (χ1) is 10.1. The first kappa shape index (κ1) is 15.6. The van der Waals surface area contributed by atoms with Gasteiger partial charge in [-0.05, 0) is 55.3 Å². The molecule has 1 unspecified atom stereocenters. The SMILES string of the molecule is CC(C)CCN(C)C(c1ccc(F)cc1)c1cccnc1. The lowest BCUT2D eigenvalue weighted by molar-refractivity contribution is 0.261. The van der Waals surface area contributed by atoms with Crippen LogP contribution in [0, 0.1) is 11.7 Å². The van der Waals surface area contributed by atoms with Gasteiger partial charge in [-0.15, -0.1) is 0 Å². The van der Waals surface area contributed by atoms with Crippen molar-refractivity contribution in [2.45, 2.75) is 26.3 Å². The lowest BCUT2D eigenvalue weighted by Gasteiger charge is -2.29. The molecule has 0 radical (unpaired) electrons. The fraction of sp³-hybridized carbons (Fsp3) is 0.389. The van der Waals surface area contributed by atoms with E-state index in [2.05, 4.69) is 36.8 Å². The number of benzene rings is 1. The summed E-state index contributed by atoms with van der Waals surface area (Å²) in [4.78, 5) is 6.54. The van der Waals surface area contributed by atoms with Gasteiger partial charge in [0.15, 0.2) is 0 Å². The van der Waals surface area contributed by atoms with E-state index in [-0.39, 0.29) is 11.9 Å². The van der Waals surface area contributed by atoms with Crippen molar-refractivity contribution in [3.8, 4) is 0 Å². The summed E-state index contributed by atoms with van der Waals surface area (Å²) in [6.45, 7) is 5.45. The highest BCUT2D eigenvalue weighted by atomic mass is 19.1. The lowest BCUT2D eigenvalue weighted by Crippen LogP contribution is -2.27. The molecule has 1 atom stereocenters. The molecule has 21 heavy (non-hydrogen) atoms. The highest BCUT2D eigenvalue weighted by Gasteiger charge is 2.19. The van der Waals surface area contributed by atoms with Crippen molar-refractivity contribution < 1.29 is 4.39 Å². The highest BCUT2D eigenvalue weighted by Crippen LogP contribution is 2.27. The summed E-state index contributed by atoms with van der Waals surface area (Å²) in [7, 11) is 2.11. The molecule has 1 aromatic heterocycles. The minimum atomic E-state index is -0.200. The predicted molar refractivity (Wildman–Crippen MR) is 84.6 cm³/mol. The quantitative estimate of drug-likeness (QED) is 0.787. The first-order valence-corrected chi connectivity index (χ1v) is 7.43. The maximum atomic E-state index is 13.2. The molecule has 0 bridgehead atoms. The standard InChI is InChI=1S/C18H23FN2/c1-14(2)10-12-21(3)18(16-5-4-11-20-13-16)15-6-8-17(19)9-7-15/h4-9,11,13-14,18H,10,12H2,1-3H3. The minimum Gasteiger partial charge on any atom is -0.295 e. The molecule has 1 heterocycles. The molecule has 0 fully saturated rings. The van der Waals surface area contributed by atoms with Crippen LogP contribution in [0.15, 0.2) is 48.8 Å². The van der Waals surface area contributed by atoms with E-state index in [1.807, 2.05) is 24.4 Å². The second kappa shape index (κ2) is 7.32. The van der Waals surface area contributed by atoms with Crippen molar-refractivity contribution in [2.24, 2.45) is 5.92 Å². The Balaban J connectivity index is 2.28. The number of aromatic nitrogens is 1. The molecule has 0 saturated heterocycles. The van der Waals surface area contributed by atoms with Crippen molar-refractivity contribution in [3.63, 3.8) is 0 Å². The first-order valence-electron chi connectivity index (χ1n) is 7.43. The normalized spacial score (nSPS) is 12.9. The van der Waals surface area contributed by atoms with Crippen molar-refractivity contribution in [3.05, 3.63) is 65.7 Å². The Morgan fingerprint density at radius 1 is 1.10 bits per heavy atom. The molecule has 0 aliphatic carbocycles. The maximum absolute atomic E-state index is 13.2. The second-order valence-corrected chi connectivity index (χ2v) is 5.90. The van der Waals surface area contributed by atoms with Crippen LogP contribution in [0.2, 0.25) is 0 Å². The molecule has 0 amide bonds. The van der Waals surface area contributed by atoms with Crippen molar-refractivity contribution in [2.75, 3.05) is 13.6 Å². The third-order valence-electron chi connectivity index (χ3n) is 3.69. The third kappa shape index (κ3) is 4.36. The minimum absolute atomic E-state index is 0.109. The molecule has 0 aliphatic heterocycles. The van der Waals surface area contributed by atoms with Gasteiger partial charge in [-0.3, -0.25) is 9.88 Å². The van der Waals surface area contributed by atoms with Gasteiger partial charge in [-0.25, -0.2) is 4.39 Å². The molecule has 2 nitrogen and oxygen atoms in total. The Hall–Kier alpha value is -1.74. The van der Waals surface area contributed by atoms with Crippen LogP contribution in [0.1, 0.15) is 37.4 Å². The zero-order chi connectivity index (χ0) is 15.2.